The minimum atomic E-state index is 0.664. The second kappa shape index (κ2) is 4.77. The Bertz CT molecular complexity index is 365. The summed E-state index contributed by atoms with van der Waals surface area (Å²) in [7, 11) is 2.25. The third kappa shape index (κ3) is 2.37. The van der Waals surface area contributed by atoms with Crippen LogP contribution in [-0.2, 0) is 6.54 Å². The molecule has 2 atom stereocenters. The molecule has 2 fully saturated rings. The first-order chi connectivity index (χ1) is 8.33. The molecule has 0 spiro atoms. The van der Waals surface area contributed by atoms with Crippen LogP contribution >= 0.6 is 0 Å². The molecule has 0 amide bonds. The second-order valence-electron chi connectivity index (χ2n) is 5.29. The van der Waals surface area contributed by atoms with Gasteiger partial charge in [0.2, 0.25) is 0 Å². The number of piperazine rings is 1. The maximum Gasteiger partial charge on any atom is 0.0386 e. The molecule has 0 radical (unpaired) electrons. The van der Waals surface area contributed by atoms with E-state index >= 15 is 0 Å². The lowest BCUT2D eigenvalue weighted by molar-refractivity contribution is 0.179. The van der Waals surface area contributed by atoms with E-state index in [4.69, 9.17) is 0 Å². The normalized spacial score (nSPS) is 30.4. The zero-order valence-electron chi connectivity index (χ0n) is 10.5. The molecule has 3 rings (SSSR count). The Morgan fingerprint density at radius 3 is 2.82 bits per heavy atom. The first kappa shape index (κ1) is 11.2. The SMILES string of the molecule is CN1CCN[C@@H]2CN(Cc3ccccc3)C[C@@H]21. The highest BCUT2D eigenvalue weighted by Crippen LogP contribution is 2.19. The third-order valence-corrected chi connectivity index (χ3v) is 4.05. The van der Waals surface area contributed by atoms with E-state index in [1.165, 1.54) is 25.2 Å². The monoisotopic (exact) mass is 231 g/mol. The van der Waals surface area contributed by atoms with Crippen molar-refractivity contribution in [2.45, 2.75) is 18.6 Å². The van der Waals surface area contributed by atoms with Crippen molar-refractivity contribution in [1.29, 1.82) is 0 Å². The van der Waals surface area contributed by atoms with Crippen molar-refractivity contribution >= 4 is 0 Å². The number of hydrogen-bond acceptors (Lipinski definition) is 3. The molecule has 2 aliphatic heterocycles. The summed E-state index contributed by atoms with van der Waals surface area (Å²) >= 11 is 0. The van der Waals surface area contributed by atoms with Crippen molar-refractivity contribution in [2.75, 3.05) is 33.2 Å². The van der Waals surface area contributed by atoms with Gasteiger partial charge in [-0.3, -0.25) is 9.80 Å². The first-order valence-electron chi connectivity index (χ1n) is 6.53. The average molecular weight is 231 g/mol. The molecule has 3 heteroatoms. The predicted octanol–water partition coefficient (Wildman–Crippen LogP) is 0.774. The third-order valence-electron chi connectivity index (χ3n) is 4.05. The second-order valence-corrected chi connectivity index (χ2v) is 5.29. The molecule has 1 aromatic rings. The molecule has 92 valence electrons. The van der Waals surface area contributed by atoms with Gasteiger partial charge in [0.05, 0.1) is 0 Å². The van der Waals surface area contributed by atoms with Gasteiger partial charge in [0.25, 0.3) is 0 Å². The predicted molar refractivity (Wildman–Crippen MR) is 69.9 cm³/mol. The van der Waals surface area contributed by atoms with Crippen LogP contribution in [0.5, 0.6) is 0 Å². The quantitative estimate of drug-likeness (QED) is 0.811. The van der Waals surface area contributed by atoms with E-state index in [0.717, 1.165) is 13.1 Å². The largest absolute Gasteiger partial charge is 0.310 e. The summed E-state index contributed by atoms with van der Waals surface area (Å²) in [4.78, 5) is 5.08. The lowest BCUT2D eigenvalue weighted by Gasteiger charge is -2.34. The Balaban J connectivity index is 1.64. The van der Waals surface area contributed by atoms with Crippen LogP contribution in [0.1, 0.15) is 5.56 Å². The van der Waals surface area contributed by atoms with Crippen molar-refractivity contribution in [3.8, 4) is 0 Å². The molecule has 1 aromatic carbocycles. The number of likely N-dealkylation sites (N-methyl/N-ethyl adjacent to an activating group) is 1. The van der Waals surface area contributed by atoms with Gasteiger partial charge in [0.1, 0.15) is 0 Å². The molecule has 2 saturated heterocycles. The highest BCUT2D eigenvalue weighted by atomic mass is 15.3. The Morgan fingerprint density at radius 1 is 1.24 bits per heavy atom. The van der Waals surface area contributed by atoms with E-state index in [9.17, 15) is 0 Å². The summed E-state index contributed by atoms with van der Waals surface area (Å²) in [6, 6.07) is 12.1. The number of nitrogens with zero attached hydrogens (tertiary/aromatic N) is 2. The summed E-state index contributed by atoms with van der Waals surface area (Å²) in [6.07, 6.45) is 0. The van der Waals surface area contributed by atoms with Crippen molar-refractivity contribution in [3.63, 3.8) is 0 Å². The van der Waals surface area contributed by atoms with E-state index in [1.807, 2.05) is 0 Å². The Morgan fingerprint density at radius 2 is 2.06 bits per heavy atom. The molecule has 2 aliphatic rings. The van der Waals surface area contributed by atoms with E-state index in [-0.39, 0.29) is 0 Å². The smallest absolute Gasteiger partial charge is 0.0386 e. The number of likely N-dealkylation sites (tertiary alicyclic amines) is 1. The van der Waals surface area contributed by atoms with Gasteiger partial charge in [-0.05, 0) is 12.6 Å². The van der Waals surface area contributed by atoms with Crippen molar-refractivity contribution in [1.82, 2.24) is 15.1 Å². The number of benzene rings is 1. The molecular formula is C14H21N3. The van der Waals surface area contributed by atoms with E-state index in [1.54, 1.807) is 0 Å². The summed E-state index contributed by atoms with van der Waals surface area (Å²) in [6.45, 7) is 5.79. The Kier molecular flexibility index (Phi) is 3.14. The molecule has 0 bridgehead atoms. The molecule has 17 heavy (non-hydrogen) atoms. The van der Waals surface area contributed by atoms with E-state index in [0.29, 0.717) is 12.1 Å². The maximum absolute atomic E-state index is 3.64. The van der Waals surface area contributed by atoms with Crippen LogP contribution in [0.4, 0.5) is 0 Å². The Labute approximate surface area is 103 Å². The zero-order valence-corrected chi connectivity index (χ0v) is 10.5. The standard InChI is InChI=1S/C14H21N3/c1-16-8-7-15-13-10-17(11-14(13)16)9-12-5-3-2-4-6-12/h2-6,13-15H,7-11H2,1H3/t13-,14+/m1/s1. The van der Waals surface area contributed by atoms with Gasteiger partial charge in [-0.1, -0.05) is 30.3 Å². The van der Waals surface area contributed by atoms with Crippen LogP contribution in [-0.4, -0.2) is 55.1 Å². The summed E-state index contributed by atoms with van der Waals surface area (Å²) in [5.41, 5.74) is 1.42. The lowest BCUT2D eigenvalue weighted by atomic mass is 10.1. The molecule has 3 nitrogen and oxygen atoms in total. The molecule has 0 saturated carbocycles. The maximum atomic E-state index is 3.64. The molecule has 2 heterocycles. The summed E-state index contributed by atoms with van der Waals surface area (Å²) in [5, 5.41) is 3.64. The highest BCUT2D eigenvalue weighted by molar-refractivity contribution is 5.15. The highest BCUT2D eigenvalue weighted by Gasteiger charge is 2.36. The Hall–Kier alpha value is -0.900. The van der Waals surface area contributed by atoms with Crippen LogP contribution in [0.2, 0.25) is 0 Å². The zero-order chi connectivity index (χ0) is 11.7. The van der Waals surface area contributed by atoms with E-state index < -0.39 is 0 Å². The first-order valence-corrected chi connectivity index (χ1v) is 6.53. The summed E-state index contributed by atoms with van der Waals surface area (Å²) < 4.78 is 0. The van der Waals surface area contributed by atoms with Crippen LogP contribution in [0.15, 0.2) is 30.3 Å². The van der Waals surface area contributed by atoms with Gasteiger partial charge >= 0.3 is 0 Å². The topological polar surface area (TPSA) is 18.5 Å². The molecule has 0 unspecified atom stereocenters. The number of hydrogen-bond donors (Lipinski definition) is 1. The fraction of sp³-hybridized carbons (Fsp3) is 0.571. The van der Waals surface area contributed by atoms with E-state index in [2.05, 4.69) is 52.5 Å². The van der Waals surface area contributed by atoms with Crippen LogP contribution in [0.25, 0.3) is 0 Å². The minimum absolute atomic E-state index is 0.664. The van der Waals surface area contributed by atoms with Crippen molar-refractivity contribution in [2.24, 2.45) is 0 Å². The lowest BCUT2D eigenvalue weighted by Crippen LogP contribution is -2.55. The number of rotatable bonds is 2. The number of fused-ring (bicyclic) bond motifs is 1. The molecule has 0 aliphatic carbocycles. The van der Waals surface area contributed by atoms with Crippen LogP contribution in [0, 0.1) is 0 Å². The van der Waals surface area contributed by atoms with Gasteiger partial charge in [-0.25, -0.2) is 0 Å². The van der Waals surface area contributed by atoms with Gasteiger partial charge in [0, 0.05) is 44.8 Å². The fourth-order valence-corrected chi connectivity index (χ4v) is 3.08. The molecule has 1 N–H and O–H groups in total. The van der Waals surface area contributed by atoms with Crippen molar-refractivity contribution < 1.29 is 0 Å². The summed E-state index contributed by atoms with van der Waals surface area (Å²) in [5.74, 6) is 0. The fourth-order valence-electron chi connectivity index (χ4n) is 3.08. The van der Waals surface area contributed by atoms with Gasteiger partial charge in [-0.2, -0.15) is 0 Å². The average Bonchev–Trinajstić information content (AvgIpc) is 2.74. The number of nitrogens with one attached hydrogen (secondary N) is 1. The van der Waals surface area contributed by atoms with Gasteiger partial charge in [0.15, 0.2) is 0 Å². The molecular weight excluding hydrogens is 210 g/mol. The minimum Gasteiger partial charge on any atom is -0.310 e. The van der Waals surface area contributed by atoms with Gasteiger partial charge in [-0.15, -0.1) is 0 Å². The van der Waals surface area contributed by atoms with Crippen LogP contribution in [0.3, 0.4) is 0 Å². The van der Waals surface area contributed by atoms with Crippen LogP contribution < -0.4 is 5.32 Å². The van der Waals surface area contributed by atoms with Crippen molar-refractivity contribution in [3.05, 3.63) is 35.9 Å². The molecule has 0 aromatic heterocycles. The van der Waals surface area contributed by atoms with Gasteiger partial charge < -0.3 is 5.32 Å².